The highest BCUT2D eigenvalue weighted by Crippen LogP contribution is 2.45. The van der Waals surface area contributed by atoms with E-state index in [0.29, 0.717) is 4.90 Å². The Bertz CT molecular complexity index is 536. The molecule has 0 saturated heterocycles. The van der Waals surface area contributed by atoms with E-state index >= 15 is 0 Å². The number of thioether (sulfide) groups is 1. The first kappa shape index (κ1) is 19.5. The molecule has 0 aliphatic rings. The topological polar surface area (TPSA) is 38.3 Å². The minimum atomic E-state index is -5.59. The van der Waals surface area contributed by atoms with Crippen molar-refractivity contribution in [3.05, 3.63) is 24.3 Å². The smallest absolute Gasteiger partial charge is 0.409 e. The van der Waals surface area contributed by atoms with Gasteiger partial charge in [-0.3, -0.25) is 0 Å². The van der Waals surface area contributed by atoms with Crippen LogP contribution in [-0.2, 0) is 0 Å². The molecule has 9 heteroatoms. The normalized spacial score (nSPS) is 13.5. The van der Waals surface area contributed by atoms with Crippen LogP contribution in [0.1, 0.15) is 13.3 Å². The van der Waals surface area contributed by atoms with Gasteiger partial charge in [-0.1, -0.05) is 19.1 Å². The van der Waals surface area contributed by atoms with Gasteiger partial charge in [-0.05, 0) is 18.6 Å². The first-order chi connectivity index (χ1) is 10.6. The molecule has 0 saturated carbocycles. The number of benzene rings is 1. The Kier molecular flexibility index (Phi) is 6.67. The summed E-state index contributed by atoms with van der Waals surface area (Å²) in [6, 6.07) is 6.05. The van der Waals surface area contributed by atoms with Gasteiger partial charge in [-0.25, -0.2) is 4.79 Å². The molecule has 0 aliphatic carbocycles. The molecule has 1 aromatic rings. The van der Waals surface area contributed by atoms with Crippen molar-refractivity contribution in [3.8, 4) is 5.75 Å². The van der Waals surface area contributed by atoms with Crippen molar-refractivity contribution in [3.63, 3.8) is 0 Å². The summed E-state index contributed by atoms with van der Waals surface area (Å²) in [5.41, 5.74) is 0. The number of para-hydroxylation sites is 1. The SMILES string of the molecule is CCC(CSc1ccccc1OC(=O)NC)C(F)(F)C(F)(F)F. The number of nitrogens with one attached hydrogen (secondary N) is 1. The molecule has 0 heterocycles. The molecular formula is C14H16F5NO2S. The van der Waals surface area contributed by atoms with Crippen LogP contribution in [-0.4, -0.2) is 31.0 Å². The Morgan fingerprint density at radius 3 is 2.39 bits per heavy atom. The maximum absolute atomic E-state index is 13.4. The average Bonchev–Trinajstić information content (AvgIpc) is 2.47. The number of carbonyl (C=O) groups excluding carboxylic acids is 1. The lowest BCUT2D eigenvalue weighted by atomic mass is 10.0. The van der Waals surface area contributed by atoms with E-state index in [4.69, 9.17) is 4.74 Å². The standard InChI is InChI=1S/C14H16F5NO2S/c1-3-9(13(15,16)14(17,18)19)8-23-11-7-5-4-6-10(11)22-12(21)20-2/h4-7,9H,3,8H2,1-2H3,(H,20,21). The molecule has 0 fully saturated rings. The summed E-state index contributed by atoms with van der Waals surface area (Å²) >= 11 is 0.790. The van der Waals surface area contributed by atoms with Crippen LogP contribution in [0, 0.1) is 5.92 Å². The number of ether oxygens (including phenoxy) is 1. The zero-order chi connectivity index (χ0) is 17.7. The van der Waals surface area contributed by atoms with Crippen molar-refractivity contribution in [1.82, 2.24) is 5.32 Å². The lowest BCUT2D eigenvalue weighted by Gasteiger charge is -2.27. The second kappa shape index (κ2) is 7.85. The van der Waals surface area contributed by atoms with Gasteiger partial charge in [0.15, 0.2) is 0 Å². The summed E-state index contributed by atoms with van der Waals surface area (Å²) in [7, 11) is 1.34. The monoisotopic (exact) mass is 357 g/mol. The Labute approximate surface area is 134 Å². The quantitative estimate of drug-likeness (QED) is 0.591. The number of halogens is 5. The molecule has 0 aliphatic heterocycles. The van der Waals surface area contributed by atoms with Gasteiger partial charge in [0.05, 0.1) is 4.90 Å². The van der Waals surface area contributed by atoms with Crippen LogP contribution >= 0.6 is 11.8 Å². The van der Waals surface area contributed by atoms with Gasteiger partial charge in [0.25, 0.3) is 0 Å². The molecule has 130 valence electrons. The van der Waals surface area contributed by atoms with Crippen LogP contribution in [0.3, 0.4) is 0 Å². The van der Waals surface area contributed by atoms with Crippen molar-refractivity contribution in [2.24, 2.45) is 5.92 Å². The van der Waals surface area contributed by atoms with Gasteiger partial charge in [0, 0.05) is 18.7 Å². The van der Waals surface area contributed by atoms with E-state index in [9.17, 15) is 26.7 Å². The molecule has 1 rings (SSSR count). The fourth-order valence-corrected chi connectivity index (χ4v) is 2.96. The number of rotatable bonds is 6. The minimum absolute atomic E-state index is 0.0991. The lowest BCUT2D eigenvalue weighted by molar-refractivity contribution is -0.300. The third-order valence-electron chi connectivity index (χ3n) is 3.08. The summed E-state index contributed by atoms with van der Waals surface area (Å²) in [5.74, 6) is -7.01. The maximum Gasteiger partial charge on any atom is 0.453 e. The third-order valence-corrected chi connectivity index (χ3v) is 4.30. The van der Waals surface area contributed by atoms with Crippen molar-refractivity contribution in [2.45, 2.75) is 30.3 Å². The molecule has 1 N–H and O–H groups in total. The van der Waals surface area contributed by atoms with Gasteiger partial charge in [0.1, 0.15) is 5.75 Å². The highest BCUT2D eigenvalue weighted by molar-refractivity contribution is 7.99. The molecule has 1 aromatic carbocycles. The molecule has 0 bridgehead atoms. The van der Waals surface area contributed by atoms with Crippen LogP contribution in [0.25, 0.3) is 0 Å². The molecule has 1 unspecified atom stereocenters. The first-order valence-electron chi connectivity index (χ1n) is 6.69. The number of alkyl halides is 5. The van der Waals surface area contributed by atoms with Crippen LogP contribution in [0.4, 0.5) is 26.7 Å². The van der Waals surface area contributed by atoms with Crippen molar-refractivity contribution in [1.29, 1.82) is 0 Å². The predicted octanol–water partition coefficient (Wildman–Crippen LogP) is 4.72. The Morgan fingerprint density at radius 2 is 1.87 bits per heavy atom. The Balaban J connectivity index is 2.86. The average molecular weight is 357 g/mol. The van der Waals surface area contributed by atoms with Gasteiger partial charge in [0.2, 0.25) is 0 Å². The van der Waals surface area contributed by atoms with Crippen molar-refractivity contribution >= 4 is 17.9 Å². The van der Waals surface area contributed by atoms with Gasteiger partial charge in [-0.2, -0.15) is 22.0 Å². The van der Waals surface area contributed by atoms with Crippen LogP contribution < -0.4 is 10.1 Å². The third kappa shape index (κ3) is 4.98. The molecule has 1 amide bonds. The number of hydrogen-bond donors (Lipinski definition) is 1. The van der Waals surface area contributed by atoms with E-state index in [1.807, 2.05) is 0 Å². The summed E-state index contributed by atoms with van der Waals surface area (Å²) in [5, 5.41) is 2.22. The Hall–Kier alpha value is -1.51. The van der Waals surface area contributed by atoms with E-state index in [-0.39, 0.29) is 12.2 Å². The summed E-state index contributed by atoms with van der Waals surface area (Å²) in [6.45, 7) is 1.28. The van der Waals surface area contributed by atoms with Crippen molar-refractivity contribution < 1.29 is 31.5 Å². The van der Waals surface area contributed by atoms with E-state index in [2.05, 4.69) is 5.32 Å². The molecular weight excluding hydrogens is 341 g/mol. The lowest BCUT2D eigenvalue weighted by Crippen LogP contribution is -2.44. The summed E-state index contributed by atoms with van der Waals surface area (Å²) < 4.78 is 69.2. The van der Waals surface area contributed by atoms with Crippen LogP contribution in [0.15, 0.2) is 29.2 Å². The van der Waals surface area contributed by atoms with Crippen LogP contribution in [0.2, 0.25) is 0 Å². The predicted molar refractivity (Wildman–Crippen MR) is 77.0 cm³/mol. The highest BCUT2D eigenvalue weighted by atomic mass is 32.2. The van der Waals surface area contributed by atoms with E-state index in [1.54, 1.807) is 12.1 Å². The van der Waals surface area contributed by atoms with E-state index in [1.165, 1.54) is 26.1 Å². The van der Waals surface area contributed by atoms with Crippen LogP contribution in [0.5, 0.6) is 5.75 Å². The van der Waals surface area contributed by atoms with E-state index in [0.717, 1.165) is 11.8 Å². The highest BCUT2D eigenvalue weighted by Gasteiger charge is 2.61. The molecule has 1 atom stereocenters. The summed E-state index contributed by atoms with van der Waals surface area (Å²) in [6.07, 6.45) is -6.68. The van der Waals surface area contributed by atoms with E-state index < -0.39 is 29.9 Å². The fourth-order valence-electron chi connectivity index (χ4n) is 1.71. The number of carbonyl (C=O) groups is 1. The van der Waals surface area contributed by atoms with Gasteiger partial charge in [-0.15, -0.1) is 11.8 Å². The second-order valence-electron chi connectivity index (χ2n) is 4.62. The minimum Gasteiger partial charge on any atom is -0.409 e. The molecule has 0 aromatic heterocycles. The summed E-state index contributed by atoms with van der Waals surface area (Å²) in [4.78, 5) is 11.5. The zero-order valence-electron chi connectivity index (χ0n) is 12.4. The van der Waals surface area contributed by atoms with Gasteiger partial charge < -0.3 is 10.1 Å². The molecule has 23 heavy (non-hydrogen) atoms. The maximum atomic E-state index is 13.4. The molecule has 0 radical (unpaired) electrons. The fraction of sp³-hybridized carbons (Fsp3) is 0.500. The largest absolute Gasteiger partial charge is 0.453 e. The van der Waals surface area contributed by atoms with Crippen molar-refractivity contribution in [2.75, 3.05) is 12.8 Å². The number of hydrogen-bond acceptors (Lipinski definition) is 3. The number of amides is 1. The molecule has 3 nitrogen and oxygen atoms in total. The van der Waals surface area contributed by atoms with Gasteiger partial charge >= 0.3 is 18.2 Å². The molecule has 0 spiro atoms. The zero-order valence-corrected chi connectivity index (χ0v) is 13.2. The second-order valence-corrected chi connectivity index (χ2v) is 5.68. The Morgan fingerprint density at radius 1 is 1.26 bits per heavy atom. The first-order valence-corrected chi connectivity index (χ1v) is 7.68.